The largest absolute Gasteiger partial charge is 0.355 e. The van der Waals surface area contributed by atoms with Crippen molar-refractivity contribution >= 4 is 24.1 Å². The van der Waals surface area contributed by atoms with Crippen LogP contribution in [0.2, 0.25) is 0 Å². The summed E-state index contributed by atoms with van der Waals surface area (Å²) in [5.74, 6) is -0.00164. The van der Waals surface area contributed by atoms with E-state index in [-0.39, 0.29) is 36.9 Å². The molecule has 1 aliphatic rings. The SMILES string of the molecule is CNCCNC(=O)CCC(=O)c1ccc2c(c1)CCC2.Cl. The zero-order chi connectivity index (χ0) is 14.4. The molecule has 21 heavy (non-hydrogen) atoms. The van der Waals surface area contributed by atoms with Gasteiger partial charge in [-0.15, -0.1) is 12.4 Å². The smallest absolute Gasteiger partial charge is 0.220 e. The van der Waals surface area contributed by atoms with Crippen LogP contribution in [0.4, 0.5) is 0 Å². The van der Waals surface area contributed by atoms with Crippen LogP contribution in [0.3, 0.4) is 0 Å². The Bertz CT molecular complexity index is 503. The quantitative estimate of drug-likeness (QED) is 0.597. The minimum Gasteiger partial charge on any atom is -0.355 e. The van der Waals surface area contributed by atoms with Gasteiger partial charge in [-0.25, -0.2) is 0 Å². The van der Waals surface area contributed by atoms with Crippen LogP contribution >= 0.6 is 12.4 Å². The van der Waals surface area contributed by atoms with Gasteiger partial charge in [0, 0.05) is 31.5 Å². The molecular weight excluding hydrogens is 288 g/mol. The van der Waals surface area contributed by atoms with Crippen LogP contribution in [0.15, 0.2) is 18.2 Å². The summed E-state index contributed by atoms with van der Waals surface area (Å²) in [6.45, 7) is 1.34. The van der Waals surface area contributed by atoms with Crippen molar-refractivity contribution in [3.05, 3.63) is 34.9 Å². The van der Waals surface area contributed by atoms with E-state index in [1.54, 1.807) is 0 Å². The summed E-state index contributed by atoms with van der Waals surface area (Å²) >= 11 is 0. The Morgan fingerprint density at radius 2 is 1.86 bits per heavy atom. The molecule has 0 aliphatic heterocycles. The molecule has 2 N–H and O–H groups in total. The van der Waals surface area contributed by atoms with E-state index in [0.29, 0.717) is 6.54 Å². The summed E-state index contributed by atoms with van der Waals surface area (Å²) < 4.78 is 0. The number of amides is 1. The molecule has 0 saturated heterocycles. The molecule has 1 amide bonds. The molecule has 0 unspecified atom stereocenters. The average molecular weight is 311 g/mol. The number of carbonyl (C=O) groups excluding carboxylic acids is 2. The molecule has 4 nitrogen and oxygen atoms in total. The molecular formula is C16H23ClN2O2. The highest BCUT2D eigenvalue weighted by atomic mass is 35.5. The summed E-state index contributed by atoms with van der Waals surface area (Å²) in [4.78, 5) is 23.6. The molecule has 0 radical (unpaired) electrons. The zero-order valence-corrected chi connectivity index (χ0v) is 13.2. The second-order valence-corrected chi connectivity index (χ2v) is 5.21. The van der Waals surface area contributed by atoms with E-state index in [1.165, 1.54) is 17.5 Å². The molecule has 2 rings (SSSR count). The topological polar surface area (TPSA) is 58.2 Å². The Kier molecular flexibility index (Phi) is 7.40. The van der Waals surface area contributed by atoms with Crippen LogP contribution in [0.5, 0.6) is 0 Å². The summed E-state index contributed by atoms with van der Waals surface area (Å²) in [6, 6.07) is 5.96. The molecule has 1 aromatic rings. The highest BCUT2D eigenvalue weighted by molar-refractivity contribution is 5.98. The van der Waals surface area contributed by atoms with E-state index in [9.17, 15) is 9.59 Å². The first-order chi connectivity index (χ1) is 9.70. The maximum atomic E-state index is 12.1. The molecule has 0 fully saturated rings. The summed E-state index contributed by atoms with van der Waals surface area (Å²) in [7, 11) is 1.84. The molecule has 116 valence electrons. The zero-order valence-electron chi connectivity index (χ0n) is 12.4. The monoisotopic (exact) mass is 310 g/mol. The van der Waals surface area contributed by atoms with Gasteiger partial charge in [-0.05, 0) is 43.5 Å². The minimum absolute atomic E-state index is 0. The van der Waals surface area contributed by atoms with Crippen LogP contribution in [-0.4, -0.2) is 31.8 Å². The first kappa shape index (κ1) is 17.7. The Balaban J connectivity index is 0.00000220. The van der Waals surface area contributed by atoms with Crippen molar-refractivity contribution in [2.24, 2.45) is 0 Å². The molecule has 0 saturated carbocycles. The number of likely N-dealkylation sites (N-methyl/N-ethyl adjacent to an activating group) is 1. The number of hydrogen-bond donors (Lipinski definition) is 2. The van der Waals surface area contributed by atoms with E-state index < -0.39 is 0 Å². The first-order valence-electron chi connectivity index (χ1n) is 7.27. The van der Waals surface area contributed by atoms with Crippen LogP contribution in [0, 0.1) is 0 Å². The highest BCUT2D eigenvalue weighted by Crippen LogP contribution is 2.23. The Hall–Kier alpha value is -1.39. The van der Waals surface area contributed by atoms with E-state index in [0.717, 1.165) is 24.9 Å². The number of rotatable bonds is 7. The summed E-state index contributed by atoms with van der Waals surface area (Å²) in [5, 5.41) is 5.73. The Morgan fingerprint density at radius 1 is 1.10 bits per heavy atom. The number of halogens is 1. The van der Waals surface area contributed by atoms with Crippen molar-refractivity contribution in [2.75, 3.05) is 20.1 Å². The molecule has 0 aromatic heterocycles. The predicted molar refractivity (Wildman–Crippen MR) is 86.2 cm³/mol. The van der Waals surface area contributed by atoms with Gasteiger partial charge in [0.25, 0.3) is 0 Å². The summed E-state index contributed by atoms with van der Waals surface area (Å²) in [5.41, 5.74) is 3.41. The van der Waals surface area contributed by atoms with E-state index in [1.807, 2.05) is 19.2 Å². The Morgan fingerprint density at radius 3 is 2.62 bits per heavy atom. The fraction of sp³-hybridized carbons (Fsp3) is 0.500. The number of benzene rings is 1. The summed E-state index contributed by atoms with van der Waals surface area (Å²) in [6.07, 6.45) is 3.92. The van der Waals surface area contributed by atoms with Crippen molar-refractivity contribution in [1.82, 2.24) is 10.6 Å². The van der Waals surface area contributed by atoms with Gasteiger partial charge < -0.3 is 10.6 Å². The van der Waals surface area contributed by atoms with E-state index >= 15 is 0 Å². The van der Waals surface area contributed by atoms with Gasteiger partial charge in [0.05, 0.1) is 0 Å². The lowest BCUT2D eigenvalue weighted by Gasteiger charge is -2.06. The maximum Gasteiger partial charge on any atom is 0.220 e. The van der Waals surface area contributed by atoms with Gasteiger partial charge in [-0.1, -0.05) is 12.1 Å². The van der Waals surface area contributed by atoms with E-state index in [2.05, 4.69) is 16.7 Å². The van der Waals surface area contributed by atoms with Crippen molar-refractivity contribution < 1.29 is 9.59 Å². The standard InChI is InChI=1S/C16H22N2O2.ClH/c1-17-9-10-18-16(20)8-7-15(19)14-6-5-12-3-2-4-13(12)11-14;/h5-6,11,17H,2-4,7-10H2,1H3,(H,18,20);1H. The lowest BCUT2D eigenvalue weighted by Crippen LogP contribution is -2.30. The number of aryl methyl sites for hydroxylation is 2. The van der Waals surface area contributed by atoms with Gasteiger partial charge >= 0.3 is 0 Å². The molecule has 1 aliphatic carbocycles. The van der Waals surface area contributed by atoms with Gasteiger partial charge in [0.1, 0.15) is 0 Å². The van der Waals surface area contributed by atoms with Crippen molar-refractivity contribution in [3.63, 3.8) is 0 Å². The maximum absolute atomic E-state index is 12.1. The third-order valence-electron chi connectivity index (χ3n) is 3.70. The van der Waals surface area contributed by atoms with Crippen LogP contribution in [0.25, 0.3) is 0 Å². The van der Waals surface area contributed by atoms with Gasteiger partial charge in [0.15, 0.2) is 5.78 Å². The second kappa shape index (κ2) is 8.80. The van der Waals surface area contributed by atoms with Crippen molar-refractivity contribution in [1.29, 1.82) is 0 Å². The lowest BCUT2D eigenvalue weighted by molar-refractivity contribution is -0.121. The van der Waals surface area contributed by atoms with Crippen LogP contribution in [-0.2, 0) is 17.6 Å². The molecule has 1 aromatic carbocycles. The van der Waals surface area contributed by atoms with Crippen molar-refractivity contribution in [3.8, 4) is 0 Å². The van der Waals surface area contributed by atoms with Crippen LogP contribution in [0.1, 0.15) is 40.7 Å². The van der Waals surface area contributed by atoms with Gasteiger partial charge in [0.2, 0.25) is 5.91 Å². The first-order valence-corrected chi connectivity index (χ1v) is 7.27. The number of hydrogen-bond acceptors (Lipinski definition) is 3. The average Bonchev–Trinajstić information content (AvgIpc) is 2.92. The number of carbonyl (C=O) groups is 2. The third kappa shape index (κ3) is 5.14. The molecule has 0 bridgehead atoms. The van der Waals surface area contributed by atoms with Gasteiger partial charge in [-0.3, -0.25) is 9.59 Å². The predicted octanol–water partition coefficient (Wildman–Crippen LogP) is 1.90. The second-order valence-electron chi connectivity index (χ2n) is 5.21. The third-order valence-corrected chi connectivity index (χ3v) is 3.70. The van der Waals surface area contributed by atoms with Crippen molar-refractivity contribution in [2.45, 2.75) is 32.1 Å². The number of Topliss-reactive ketones (excluding diaryl/α,β-unsaturated/α-hetero) is 1. The fourth-order valence-corrected chi connectivity index (χ4v) is 2.53. The molecule has 0 spiro atoms. The van der Waals surface area contributed by atoms with E-state index in [4.69, 9.17) is 0 Å². The highest BCUT2D eigenvalue weighted by Gasteiger charge is 2.14. The van der Waals surface area contributed by atoms with Crippen LogP contribution < -0.4 is 10.6 Å². The molecule has 0 atom stereocenters. The lowest BCUT2D eigenvalue weighted by atomic mass is 10.0. The molecule has 0 heterocycles. The molecule has 5 heteroatoms. The number of ketones is 1. The normalized spacial score (nSPS) is 12.4. The minimum atomic E-state index is -0.0604. The Labute approximate surface area is 132 Å². The fourth-order valence-electron chi connectivity index (χ4n) is 2.53. The van der Waals surface area contributed by atoms with Gasteiger partial charge in [-0.2, -0.15) is 0 Å². The number of nitrogens with one attached hydrogen (secondary N) is 2. The number of fused-ring (bicyclic) bond motifs is 1.